The maximum Gasteiger partial charge on any atom is 0.276 e. The molecule has 0 saturated heterocycles. The van der Waals surface area contributed by atoms with E-state index in [0.29, 0.717) is 30.2 Å². The number of carbonyl (C=O) groups excluding carboxylic acids is 2. The summed E-state index contributed by atoms with van der Waals surface area (Å²) < 4.78 is 1.04. The summed E-state index contributed by atoms with van der Waals surface area (Å²) in [6.07, 6.45) is 0.696. The Balaban J connectivity index is 1.92. The van der Waals surface area contributed by atoms with E-state index in [9.17, 15) is 9.59 Å². The molecule has 0 N–H and O–H groups in total. The van der Waals surface area contributed by atoms with E-state index >= 15 is 0 Å². The highest BCUT2D eigenvalue weighted by molar-refractivity contribution is 7.22. The molecule has 0 spiro atoms. The van der Waals surface area contributed by atoms with Crippen molar-refractivity contribution in [1.82, 2.24) is 9.99 Å². The Morgan fingerprint density at radius 2 is 2.14 bits per heavy atom. The monoisotopic (exact) mass is 316 g/mol. The van der Waals surface area contributed by atoms with Crippen molar-refractivity contribution >= 4 is 44.2 Å². The van der Waals surface area contributed by atoms with Crippen LogP contribution >= 0.6 is 11.3 Å². The highest BCUT2D eigenvalue weighted by Gasteiger charge is 2.27. The molecule has 6 nitrogen and oxygen atoms in total. The molecule has 0 fully saturated rings. The van der Waals surface area contributed by atoms with Crippen LogP contribution in [-0.2, 0) is 9.59 Å². The number of benzene rings is 1. The van der Waals surface area contributed by atoms with Gasteiger partial charge in [0, 0.05) is 26.4 Å². The van der Waals surface area contributed by atoms with Crippen molar-refractivity contribution in [3.05, 3.63) is 24.3 Å². The molecular formula is C15H16N4O2S. The quantitative estimate of drug-likeness (QED) is 0.872. The maximum atomic E-state index is 12.7. The number of hydrogen-bond acceptors (Lipinski definition) is 5. The second-order valence-corrected chi connectivity index (χ2v) is 5.99. The molecule has 0 unspecified atom stereocenters. The molecule has 1 aromatic carbocycles. The molecule has 1 aromatic heterocycles. The van der Waals surface area contributed by atoms with Gasteiger partial charge in [0.2, 0.25) is 5.91 Å². The lowest BCUT2D eigenvalue weighted by atomic mass is 10.1. The van der Waals surface area contributed by atoms with Crippen molar-refractivity contribution in [2.24, 2.45) is 5.10 Å². The van der Waals surface area contributed by atoms with Gasteiger partial charge in [0.05, 0.1) is 10.2 Å². The number of nitrogens with zero attached hydrogens (tertiary/aromatic N) is 4. The van der Waals surface area contributed by atoms with Gasteiger partial charge in [-0.25, -0.2) is 9.99 Å². The molecule has 0 bridgehead atoms. The van der Waals surface area contributed by atoms with Gasteiger partial charge in [-0.3, -0.25) is 14.5 Å². The third-order valence-electron chi connectivity index (χ3n) is 3.53. The van der Waals surface area contributed by atoms with Gasteiger partial charge in [0.25, 0.3) is 5.91 Å². The molecular weight excluding hydrogens is 300 g/mol. The van der Waals surface area contributed by atoms with Crippen LogP contribution in [0.2, 0.25) is 0 Å². The number of carbonyl (C=O) groups is 2. The van der Waals surface area contributed by atoms with Gasteiger partial charge in [0.15, 0.2) is 5.13 Å². The zero-order valence-electron chi connectivity index (χ0n) is 12.4. The lowest BCUT2D eigenvalue weighted by molar-refractivity contribution is -0.130. The van der Waals surface area contributed by atoms with Crippen LogP contribution < -0.4 is 4.90 Å². The standard InChI is InChI=1S/C15H16N4O2S/c1-3-19(14(21)11-8-9-13(20)18(2)17-11)15-16-10-6-4-5-7-12(10)22-15/h4-7H,3,8-9H2,1-2H3. The largest absolute Gasteiger partial charge is 0.283 e. The number of hydrazone groups is 1. The summed E-state index contributed by atoms with van der Waals surface area (Å²) in [7, 11) is 1.57. The predicted molar refractivity (Wildman–Crippen MR) is 87.1 cm³/mol. The number of amides is 2. The second-order valence-electron chi connectivity index (χ2n) is 4.98. The van der Waals surface area contributed by atoms with Gasteiger partial charge >= 0.3 is 0 Å². The van der Waals surface area contributed by atoms with E-state index < -0.39 is 0 Å². The molecule has 3 rings (SSSR count). The Hall–Kier alpha value is -2.28. The molecule has 22 heavy (non-hydrogen) atoms. The van der Waals surface area contributed by atoms with E-state index in [1.165, 1.54) is 16.3 Å². The topological polar surface area (TPSA) is 65.9 Å². The van der Waals surface area contributed by atoms with Crippen molar-refractivity contribution in [1.29, 1.82) is 0 Å². The van der Waals surface area contributed by atoms with Crippen LogP contribution in [0.4, 0.5) is 5.13 Å². The number of rotatable bonds is 3. The fourth-order valence-electron chi connectivity index (χ4n) is 2.32. The Labute approximate surface area is 132 Å². The van der Waals surface area contributed by atoms with E-state index in [1.807, 2.05) is 31.2 Å². The zero-order valence-corrected chi connectivity index (χ0v) is 13.3. The average Bonchev–Trinajstić information content (AvgIpc) is 2.94. The minimum absolute atomic E-state index is 0.0698. The molecule has 2 amide bonds. The van der Waals surface area contributed by atoms with Gasteiger partial charge in [-0.05, 0) is 19.1 Å². The fourth-order valence-corrected chi connectivity index (χ4v) is 3.35. The number of fused-ring (bicyclic) bond motifs is 1. The van der Waals surface area contributed by atoms with Crippen LogP contribution in [0.5, 0.6) is 0 Å². The number of para-hydroxylation sites is 1. The molecule has 0 aliphatic carbocycles. The zero-order chi connectivity index (χ0) is 15.7. The first-order valence-electron chi connectivity index (χ1n) is 7.11. The summed E-state index contributed by atoms with van der Waals surface area (Å²) in [6.45, 7) is 2.41. The van der Waals surface area contributed by atoms with Gasteiger partial charge in [-0.15, -0.1) is 0 Å². The predicted octanol–water partition coefficient (Wildman–Crippen LogP) is 2.26. The minimum atomic E-state index is -0.180. The third-order valence-corrected chi connectivity index (χ3v) is 4.59. The van der Waals surface area contributed by atoms with Crippen LogP contribution in [0.25, 0.3) is 10.2 Å². The SMILES string of the molecule is CCN(C(=O)C1=NN(C)C(=O)CC1)c1nc2ccccc2s1. The molecule has 0 radical (unpaired) electrons. The van der Waals surface area contributed by atoms with Gasteiger partial charge in [-0.2, -0.15) is 5.10 Å². The lowest BCUT2D eigenvalue weighted by Gasteiger charge is -2.23. The second kappa shape index (κ2) is 5.84. The van der Waals surface area contributed by atoms with E-state index in [1.54, 1.807) is 11.9 Å². The highest BCUT2D eigenvalue weighted by atomic mass is 32.1. The van der Waals surface area contributed by atoms with Crippen LogP contribution in [0.15, 0.2) is 29.4 Å². The first-order chi connectivity index (χ1) is 10.6. The van der Waals surface area contributed by atoms with Crippen molar-refractivity contribution in [2.45, 2.75) is 19.8 Å². The Kier molecular flexibility index (Phi) is 3.89. The molecule has 0 saturated carbocycles. The number of aromatic nitrogens is 1. The van der Waals surface area contributed by atoms with Crippen molar-refractivity contribution in [3.8, 4) is 0 Å². The van der Waals surface area contributed by atoms with Crippen molar-refractivity contribution in [3.63, 3.8) is 0 Å². The summed E-state index contributed by atoms with van der Waals surface area (Å²) >= 11 is 1.48. The third kappa shape index (κ3) is 2.59. The Morgan fingerprint density at radius 3 is 2.82 bits per heavy atom. The highest BCUT2D eigenvalue weighted by Crippen LogP contribution is 2.29. The lowest BCUT2D eigenvalue weighted by Crippen LogP contribution is -2.40. The van der Waals surface area contributed by atoms with Gasteiger partial charge < -0.3 is 0 Å². The summed E-state index contributed by atoms with van der Waals surface area (Å²) in [4.78, 5) is 30.3. The molecule has 7 heteroatoms. The maximum absolute atomic E-state index is 12.7. The number of anilines is 1. The Morgan fingerprint density at radius 1 is 1.36 bits per heavy atom. The van der Waals surface area contributed by atoms with E-state index in [0.717, 1.165) is 10.2 Å². The summed E-state index contributed by atoms with van der Waals surface area (Å²) in [5.74, 6) is -0.250. The number of thiazole rings is 1. The van der Waals surface area contributed by atoms with E-state index in [2.05, 4.69) is 10.1 Å². The normalized spacial score (nSPS) is 15.1. The first kappa shape index (κ1) is 14.6. The van der Waals surface area contributed by atoms with Crippen LogP contribution in [0, 0.1) is 0 Å². The minimum Gasteiger partial charge on any atom is -0.283 e. The van der Waals surface area contributed by atoms with E-state index in [4.69, 9.17) is 0 Å². The fraction of sp³-hybridized carbons (Fsp3) is 0.333. The van der Waals surface area contributed by atoms with Crippen LogP contribution in [0.3, 0.4) is 0 Å². The number of hydrogen-bond donors (Lipinski definition) is 0. The smallest absolute Gasteiger partial charge is 0.276 e. The molecule has 114 valence electrons. The molecule has 0 atom stereocenters. The summed E-state index contributed by atoms with van der Waals surface area (Å²) in [5.41, 5.74) is 1.29. The van der Waals surface area contributed by atoms with Crippen molar-refractivity contribution in [2.75, 3.05) is 18.5 Å². The summed E-state index contributed by atoms with van der Waals surface area (Å²) in [6, 6.07) is 7.79. The Bertz CT molecular complexity index is 735. The van der Waals surface area contributed by atoms with Gasteiger partial charge in [-0.1, -0.05) is 23.5 Å². The summed E-state index contributed by atoms with van der Waals surface area (Å²) in [5, 5.41) is 6.00. The van der Waals surface area contributed by atoms with Gasteiger partial charge in [0.1, 0.15) is 5.71 Å². The molecule has 2 heterocycles. The van der Waals surface area contributed by atoms with Crippen LogP contribution in [-0.4, -0.2) is 41.1 Å². The molecule has 2 aromatic rings. The molecule has 1 aliphatic heterocycles. The average molecular weight is 316 g/mol. The van der Waals surface area contributed by atoms with E-state index in [-0.39, 0.29) is 11.8 Å². The van der Waals surface area contributed by atoms with Crippen LogP contribution in [0.1, 0.15) is 19.8 Å². The van der Waals surface area contributed by atoms with Crippen molar-refractivity contribution < 1.29 is 9.59 Å². The first-order valence-corrected chi connectivity index (χ1v) is 7.93. The molecule has 1 aliphatic rings.